The molecule has 0 saturated heterocycles. The topological polar surface area (TPSA) is 25.6 Å². The maximum atomic E-state index is 4.59. The van der Waals surface area contributed by atoms with Crippen LogP contribution in [0.5, 0.6) is 0 Å². The van der Waals surface area contributed by atoms with E-state index >= 15 is 0 Å². The molecule has 3 aromatic heterocycles. The Kier molecular flexibility index (Phi) is 2.05. The Bertz CT molecular complexity index is 758. The van der Waals surface area contributed by atoms with Gasteiger partial charge < -0.3 is 0 Å². The molecule has 1 aliphatic rings. The van der Waals surface area contributed by atoms with Crippen molar-refractivity contribution in [2.24, 2.45) is 0 Å². The standard InChI is InChI=1S/C16H21N4/c1-5-15(3)12-11-17-20-10-8-18-7-9-19(14(18)13(12)20)16(15,4)6-2/h7-11H,5-6H2,1-4H3/q+1. The highest BCUT2D eigenvalue weighted by Gasteiger charge is 2.54. The summed E-state index contributed by atoms with van der Waals surface area (Å²) in [4.78, 5) is 0. The average molecular weight is 269 g/mol. The largest absolute Gasteiger partial charge is 0.313 e. The second-order valence-corrected chi connectivity index (χ2v) is 6.36. The molecule has 0 spiro atoms. The summed E-state index contributed by atoms with van der Waals surface area (Å²) in [5, 5.41) is 4.59. The minimum atomic E-state index is 0.0778. The maximum absolute atomic E-state index is 4.59. The van der Waals surface area contributed by atoms with Crippen LogP contribution in [0.3, 0.4) is 0 Å². The Morgan fingerprint density at radius 2 is 1.95 bits per heavy atom. The third kappa shape index (κ3) is 1.03. The van der Waals surface area contributed by atoms with Crippen molar-refractivity contribution in [3.05, 3.63) is 36.5 Å². The summed E-state index contributed by atoms with van der Waals surface area (Å²) in [6, 6.07) is 0. The molecule has 0 aromatic carbocycles. The van der Waals surface area contributed by atoms with Gasteiger partial charge in [0.05, 0.1) is 12.4 Å². The van der Waals surface area contributed by atoms with Crippen LogP contribution in [0.4, 0.5) is 0 Å². The number of hydrogen-bond acceptors (Lipinski definition) is 1. The van der Waals surface area contributed by atoms with Crippen LogP contribution < -0.4 is 4.57 Å². The fourth-order valence-corrected chi connectivity index (χ4v) is 4.08. The molecule has 0 radical (unpaired) electrons. The van der Waals surface area contributed by atoms with E-state index in [-0.39, 0.29) is 11.0 Å². The molecule has 2 atom stereocenters. The van der Waals surface area contributed by atoms with Crippen molar-refractivity contribution in [3.8, 4) is 0 Å². The first-order valence-corrected chi connectivity index (χ1v) is 7.46. The monoisotopic (exact) mass is 269 g/mol. The van der Waals surface area contributed by atoms with Gasteiger partial charge in [-0.15, -0.1) is 0 Å². The summed E-state index contributed by atoms with van der Waals surface area (Å²) >= 11 is 0. The van der Waals surface area contributed by atoms with Gasteiger partial charge in [0, 0.05) is 11.0 Å². The van der Waals surface area contributed by atoms with Crippen molar-refractivity contribution in [1.82, 2.24) is 14.0 Å². The van der Waals surface area contributed by atoms with Crippen molar-refractivity contribution < 1.29 is 4.57 Å². The molecular formula is C16H21N4+. The number of nitrogens with zero attached hydrogens (tertiary/aromatic N) is 4. The van der Waals surface area contributed by atoms with E-state index in [1.807, 2.05) is 10.7 Å². The lowest BCUT2D eigenvalue weighted by molar-refractivity contribution is -0.750. The van der Waals surface area contributed by atoms with Crippen LogP contribution in [0.2, 0.25) is 0 Å². The van der Waals surface area contributed by atoms with Gasteiger partial charge in [-0.2, -0.15) is 9.50 Å². The first kappa shape index (κ1) is 11.9. The minimum Gasteiger partial charge on any atom is -0.229 e. The van der Waals surface area contributed by atoms with Crippen molar-refractivity contribution in [2.75, 3.05) is 0 Å². The van der Waals surface area contributed by atoms with Gasteiger partial charge in [0.25, 0.3) is 0 Å². The molecule has 0 saturated carbocycles. The molecule has 3 aromatic rings. The van der Waals surface area contributed by atoms with E-state index in [0.717, 1.165) is 12.8 Å². The normalized spacial score (nSPS) is 28.8. The molecule has 0 fully saturated rings. The van der Waals surface area contributed by atoms with Gasteiger partial charge in [-0.3, -0.25) is 0 Å². The minimum absolute atomic E-state index is 0.0778. The number of aromatic nitrogens is 4. The second kappa shape index (κ2) is 3.43. The molecule has 1 aliphatic heterocycles. The Labute approximate surface area is 118 Å². The molecule has 4 nitrogen and oxygen atoms in total. The molecule has 20 heavy (non-hydrogen) atoms. The van der Waals surface area contributed by atoms with Gasteiger partial charge in [-0.05, 0) is 19.8 Å². The van der Waals surface area contributed by atoms with Crippen LogP contribution in [-0.2, 0) is 11.0 Å². The predicted molar refractivity (Wildman–Crippen MR) is 77.9 cm³/mol. The summed E-state index contributed by atoms with van der Waals surface area (Å²) < 4.78 is 6.69. The molecule has 0 aliphatic carbocycles. The van der Waals surface area contributed by atoms with Gasteiger partial charge in [0.1, 0.15) is 24.1 Å². The molecular weight excluding hydrogens is 248 g/mol. The Morgan fingerprint density at radius 1 is 1.15 bits per heavy atom. The van der Waals surface area contributed by atoms with Crippen LogP contribution >= 0.6 is 0 Å². The zero-order chi connectivity index (χ0) is 14.1. The Morgan fingerprint density at radius 3 is 2.65 bits per heavy atom. The SMILES string of the molecule is CCC1(C)c2cnn3ccn4cc[n+](c4c23)C1(C)CC. The smallest absolute Gasteiger partial charge is 0.229 e. The van der Waals surface area contributed by atoms with E-state index in [1.54, 1.807) is 0 Å². The third-order valence-corrected chi connectivity index (χ3v) is 5.94. The van der Waals surface area contributed by atoms with E-state index in [0.29, 0.717) is 0 Å². The van der Waals surface area contributed by atoms with Crippen LogP contribution in [0, 0.1) is 0 Å². The molecule has 4 heteroatoms. The highest BCUT2D eigenvalue weighted by molar-refractivity contribution is 5.75. The van der Waals surface area contributed by atoms with Crippen molar-refractivity contribution in [3.63, 3.8) is 0 Å². The third-order valence-electron chi connectivity index (χ3n) is 5.94. The highest BCUT2D eigenvalue weighted by atomic mass is 15.3. The molecule has 4 rings (SSSR count). The van der Waals surface area contributed by atoms with E-state index < -0.39 is 0 Å². The molecule has 104 valence electrons. The lowest BCUT2D eigenvalue weighted by Crippen LogP contribution is -2.65. The highest BCUT2D eigenvalue weighted by Crippen LogP contribution is 2.47. The zero-order valence-corrected chi connectivity index (χ0v) is 12.6. The molecule has 0 bridgehead atoms. The lowest BCUT2D eigenvalue weighted by Gasteiger charge is -2.45. The number of hydrogen-bond donors (Lipinski definition) is 0. The van der Waals surface area contributed by atoms with Gasteiger partial charge >= 0.3 is 5.65 Å². The average Bonchev–Trinajstić information content (AvgIpc) is 3.07. The maximum Gasteiger partial charge on any atom is 0.313 e. The first-order valence-electron chi connectivity index (χ1n) is 7.46. The Balaban J connectivity index is 2.29. The first-order chi connectivity index (χ1) is 9.56. The summed E-state index contributed by atoms with van der Waals surface area (Å²) in [6.45, 7) is 9.36. The second-order valence-electron chi connectivity index (χ2n) is 6.36. The number of imidazole rings is 1. The lowest BCUT2D eigenvalue weighted by atomic mass is 9.63. The fourth-order valence-electron chi connectivity index (χ4n) is 4.08. The van der Waals surface area contributed by atoms with Gasteiger partial charge in [-0.25, -0.2) is 9.08 Å². The van der Waals surface area contributed by atoms with Crippen LogP contribution in [-0.4, -0.2) is 14.0 Å². The van der Waals surface area contributed by atoms with E-state index in [1.165, 1.54) is 16.7 Å². The molecule has 2 unspecified atom stereocenters. The zero-order valence-electron chi connectivity index (χ0n) is 12.6. The quantitative estimate of drug-likeness (QED) is 0.657. The van der Waals surface area contributed by atoms with Gasteiger partial charge in [0.2, 0.25) is 0 Å². The number of rotatable bonds is 2. The summed E-state index contributed by atoms with van der Waals surface area (Å²) in [5.41, 5.74) is 4.08. The van der Waals surface area contributed by atoms with E-state index in [2.05, 4.69) is 66.5 Å². The summed E-state index contributed by atoms with van der Waals surface area (Å²) in [6.07, 6.45) is 12.8. The summed E-state index contributed by atoms with van der Waals surface area (Å²) in [5.74, 6) is 0. The van der Waals surface area contributed by atoms with Gasteiger partial charge in [0.15, 0.2) is 5.52 Å². The van der Waals surface area contributed by atoms with E-state index in [9.17, 15) is 0 Å². The molecule has 4 heterocycles. The predicted octanol–water partition coefficient (Wildman–Crippen LogP) is 2.68. The Hall–Kier alpha value is -1.84. The van der Waals surface area contributed by atoms with E-state index in [4.69, 9.17) is 0 Å². The van der Waals surface area contributed by atoms with Crippen LogP contribution in [0.15, 0.2) is 31.0 Å². The van der Waals surface area contributed by atoms with Crippen molar-refractivity contribution >= 4 is 11.2 Å². The molecule has 0 N–H and O–H groups in total. The van der Waals surface area contributed by atoms with Crippen LogP contribution in [0.25, 0.3) is 11.2 Å². The fraction of sp³-hybridized carbons (Fsp3) is 0.500. The van der Waals surface area contributed by atoms with Crippen LogP contribution in [0.1, 0.15) is 46.1 Å². The van der Waals surface area contributed by atoms with Crippen molar-refractivity contribution in [2.45, 2.75) is 51.5 Å². The molecule has 0 amide bonds. The van der Waals surface area contributed by atoms with Gasteiger partial charge in [-0.1, -0.05) is 20.8 Å². The summed E-state index contributed by atoms with van der Waals surface area (Å²) in [7, 11) is 0. The van der Waals surface area contributed by atoms with Crippen molar-refractivity contribution in [1.29, 1.82) is 0 Å².